The maximum Gasteiger partial charge on any atom is 0.524 e. The number of urea groups is 1. The molecule has 0 saturated carbocycles. The number of fused-ring (bicyclic) bond motifs is 6. The predicted molar refractivity (Wildman–Crippen MR) is 423 cm³/mol. The van der Waals surface area contributed by atoms with E-state index in [1.54, 1.807) is 111 Å². The number of ketones is 1. The molecule has 5 aromatic carbocycles. The van der Waals surface area contributed by atoms with Crippen LogP contribution in [0.5, 0.6) is 11.5 Å². The summed E-state index contributed by atoms with van der Waals surface area (Å²) in [6.07, 6.45) is 1.32. The maximum absolute atomic E-state index is 14.8. The van der Waals surface area contributed by atoms with Crippen LogP contribution in [0.4, 0.5) is 31.4 Å². The van der Waals surface area contributed by atoms with Gasteiger partial charge in [0.15, 0.2) is 5.78 Å². The number of ether oxygens (including phenoxy) is 8. The van der Waals surface area contributed by atoms with Crippen LogP contribution >= 0.6 is 42.4 Å². The summed E-state index contributed by atoms with van der Waals surface area (Å²) < 4.78 is 62.1. The van der Waals surface area contributed by atoms with Gasteiger partial charge in [0, 0.05) is 129 Å². The van der Waals surface area contributed by atoms with Crippen LogP contribution in [0, 0.1) is 11.8 Å². The first-order chi connectivity index (χ1) is 54.4. The van der Waals surface area contributed by atoms with Gasteiger partial charge >= 0.3 is 26.0 Å². The van der Waals surface area contributed by atoms with E-state index in [4.69, 9.17) is 71.4 Å². The van der Waals surface area contributed by atoms with E-state index in [0.29, 0.717) is 103 Å². The molecule has 1 aromatic heterocycles. The number of phosphoric ester groups is 1. The molecule has 10 amide bonds. The summed E-state index contributed by atoms with van der Waals surface area (Å²) in [4.78, 5) is 160. The van der Waals surface area contributed by atoms with Gasteiger partial charge in [-0.25, -0.2) is 18.9 Å². The van der Waals surface area contributed by atoms with Crippen molar-refractivity contribution >= 4 is 140 Å². The number of hydrogen-bond donors (Lipinski definition) is 6. The fourth-order valence-corrected chi connectivity index (χ4v) is 15.0. The molecule has 0 radical (unpaired) electrons. The zero-order valence-electron chi connectivity index (χ0n) is 63.4. The molecular weight excluding hydrogens is 1550 g/mol. The normalized spacial score (nSPS) is 15.0. The lowest BCUT2D eigenvalue weighted by molar-refractivity contribution is -0.137. The third kappa shape index (κ3) is 24.7. The number of Topliss-reactive ketones (excluding diaryl/α,β-unsaturated/α-hetero) is 1. The molecule has 3 aliphatic heterocycles. The van der Waals surface area contributed by atoms with E-state index in [9.17, 15) is 62.3 Å². The Morgan fingerprint density at radius 3 is 1.60 bits per heavy atom. The summed E-state index contributed by atoms with van der Waals surface area (Å²) in [6.45, 7) is 11.6. The van der Waals surface area contributed by atoms with Crippen molar-refractivity contribution in [3.8, 4) is 11.5 Å². The van der Waals surface area contributed by atoms with E-state index in [2.05, 4.69) is 16.0 Å². The number of likely N-dealkylation sites (N-methyl/N-ethyl adjacent to an activating group) is 2. The molecule has 0 spiro atoms. The first-order valence-electron chi connectivity index (χ1n) is 37.3. The molecule has 113 heavy (non-hydrogen) atoms. The highest BCUT2D eigenvalue weighted by Crippen LogP contribution is 2.51. The van der Waals surface area contributed by atoms with E-state index in [-0.39, 0.29) is 173 Å². The molecule has 4 heterocycles. The lowest BCUT2D eigenvalue weighted by Crippen LogP contribution is -2.45. The third-order valence-electron chi connectivity index (χ3n) is 18.9. The molecule has 7 N–H and O–H groups in total. The van der Waals surface area contributed by atoms with Gasteiger partial charge in [0.05, 0.1) is 113 Å². The van der Waals surface area contributed by atoms with Crippen LogP contribution in [0.3, 0.4) is 0 Å². The minimum Gasteiger partial charge on any atom is -0.445 e. The van der Waals surface area contributed by atoms with E-state index in [1.165, 1.54) is 32.9 Å². The fourth-order valence-electron chi connectivity index (χ4n) is 13.2. The molecule has 0 unspecified atom stereocenters. The van der Waals surface area contributed by atoms with Gasteiger partial charge < -0.3 is 83.7 Å². The van der Waals surface area contributed by atoms with Gasteiger partial charge in [-0.15, -0.1) is 34.5 Å². The van der Waals surface area contributed by atoms with Gasteiger partial charge in [-0.1, -0.05) is 74.5 Å². The molecule has 0 bridgehead atoms. The molecular formula is C78H96Cl2N9O22PS. The van der Waals surface area contributed by atoms with Crippen LogP contribution < -0.4 is 40.7 Å². The van der Waals surface area contributed by atoms with Crippen molar-refractivity contribution in [2.24, 2.45) is 17.6 Å². The molecule has 35 heteroatoms. The van der Waals surface area contributed by atoms with Crippen LogP contribution in [-0.2, 0) is 68.3 Å². The minimum atomic E-state index is -5.01. The predicted octanol–water partition coefficient (Wildman–Crippen LogP) is 9.49. The second kappa shape index (κ2) is 43.4. The summed E-state index contributed by atoms with van der Waals surface area (Å²) >= 11 is 14.1. The first-order valence-corrected chi connectivity index (χ1v) is 40.7. The number of nitrogens with two attached hydrogens (primary N) is 1. The minimum absolute atomic E-state index is 0.0335. The zero-order chi connectivity index (χ0) is 81.1. The lowest BCUT2D eigenvalue weighted by Gasteiger charge is -2.26. The summed E-state index contributed by atoms with van der Waals surface area (Å²) in [6, 6.07) is 25.3. The Labute approximate surface area is 668 Å². The number of alkyl halides is 2. The molecule has 0 fully saturated rings. The number of primary amides is 1. The summed E-state index contributed by atoms with van der Waals surface area (Å²) in [5, 5.41) is 10.5. The Bertz CT molecular complexity index is 4400. The summed E-state index contributed by atoms with van der Waals surface area (Å²) in [5.74, 6) is -4.37. The molecule has 4 atom stereocenters. The highest BCUT2D eigenvalue weighted by atomic mass is 35.5. The number of carbonyl (C=O) groups is 10. The average Bonchev–Trinajstić information content (AvgIpc) is 1.61. The fraction of sp³-hybridized carbons (Fsp3) is 0.462. The Hall–Kier alpha value is -9.15. The number of nitrogens with zero attached hydrogens (tertiary/aromatic N) is 5. The molecule has 6 aromatic rings. The number of imide groups is 1. The Morgan fingerprint density at radius 2 is 1.12 bits per heavy atom. The van der Waals surface area contributed by atoms with Crippen LogP contribution in [-0.4, -0.2) is 233 Å². The molecule has 610 valence electrons. The second-order valence-corrected chi connectivity index (χ2v) is 29.8. The van der Waals surface area contributed by atoms with Crippen LogP contribution in [0.2, 0.25) is 0 Å². The first kappa shape index (κ1) is 87.8. The smallest absolute Gasteiger partial charge is 0.445 e. The van der Waals surface area contributed by atoms with Gasteiger partial charge in [-0.3, -0.25) is 48.2 Å². The number of thiophene rings is 1. The zero-order valence-corrected chi connectivity index (χ0v) is 66.6. The van der Waals surface area contributed by atoms with Gasteiger partial charge in [-0.2, -0.15) is 0 Å². The van der Waals surface area contributed by atoms with Gasteiger partial charge in [-0.05, 0) is 84.3 Å². The monoisotopic (exact) mass is 1640 g/mol. The molecule has 0 saturated heterocycles. The summed E-state index contributed by atoms with van der Waals surface area (Å²) in [7, 11) is -5.01. The van der Waals surface area contributed by atoms with Crippen molar-refractivity contribution in [3.05, 3.63) is 136 Å². The van der Waals surface area contributed by atoms with E-state index >= 15 is 0 Å². The molecule has 0 aliphatic carbocycles. The van der Waals surface area contributed by atoms with Crippen molar-refractivity contribution < 1.29 is 105 Å². The van der Waals surface area contributed by atoms with Crippen LogP contribution in [0.1, 0.15) is 101 Å². The van der Waals surface area contributed by atoms with Crippen LogP contribution in [0.25, 0.3) is 21.5 Å². The number of benzene rings is 5. The second-order valence-electron chi connectivity index (χ2n) is 26.9. The topological polar surface area (TPSA) is 390 Å². The Kier molecular flexibility index (Phi) is 33.7. The Morgan fingerprint density at radius 1 is 0.637 bits per heavy atom. The number of hydrogen-bond acceptors (Lipinski definition) is 21. The van der Waals surface area contributed by atoms with Crippen molar-refractivity contribution in [1.29, 1.82) is 0 Å². The average molecular weight is 1650 g/mol. The number of rotatable bonds is 46. The van der Waals surface area contributed by atoms with Gasteiger partial charge in [0.2, 0.25) is 11.8 Å². The van der Waals surface area contributed by atoms with Gasteiger partial charge in [0.1, 0.15) is 18.1 Å². The third-order valence-corrected chi connectivity index (χ3v) is 21.2. The highest BCUT2D eigenvalue weighted by molar-refractivity contribution is 7.46. The number of nitrogens with one attached hydrogen (secondary N) is 3. The lowest BCUT2D eigenvalue weighted by atomic mass is 9.89. The van der Waals surface area contributed by atoms with Crippen molar-refractivity contribution in [3.63, 3.8) is 0 Å². The maximum atomic E-state index is 14.8. The van der Waals surface area contributed by atoms with Crippen molar-refractivity contribution in [2.45, 2.75) is 77.9 Å². The van der Waals surface area contributed by atoms with E-state index in [0.717, 1.165) is 27.4 Å². The van der Waals surface area contributed by atoms with Crippen molar-refractivity contribution in [2.75, 3.05) is 159 Å². The molecule has 3 aliphatic rings. The van der Waals surface area contributed by atoms with E-state index in [1.807, 2.05) is 12.1 Å². The largest absolute Gasteiger partial charge is 0.524 e. The standard InChI is InChI=1S/C78H96Cl2N9O22PS/c1-5-85(27-28-86(6-2)78(99)110-63-43-60-70(58-15-9-7-13-56(58)63)53(45-79)47-88(60)74(95)65-21-22-66(113-65)75(96)89-48-54(46-80)71-59-16-10-8-14-57(59)64(44-61(71)89)111-112(100,101)102)77(98)109-49-51-17-19-55(20-18-51)83-73(94)52(12-11-26-82-76(81)97)42-62(90)72(50(3)4)84-67(91)25-30-103-32-34-105-36-38-107-40-41-108-39-37-106-35-33-104-31-29-87-68(92)23-24-69(87)93/h7-10,13-24,43-44,50,52-54,72H,5-6,11-12,25-42,45-49H2,1-4H3,(H,83,94)(H,84,91)(H3,81,82,97)(H2,100,101,102)/t52-,53-,54-,72+/m1/s1. The SMILES string of the molecule is CCN(CCN(CC)C(=O)Oc1cc2c(c3ccccc13)[C@H](CCl)CN2C(=O)c1ccc(C(=O)N2C[C@@H](CCl)c3c2cc(OP(=O)(O)O)c2ccccc32)s1)C(=O)OCc1ccc(NC(=O)[C@H](CCCNC(N)=O)CC(=O)[C@@H](NC(=O)CCOCCOCCOCCOCCOCCOCCN2C(=O)C=CC2=O)C(C)C)cc1. The molecule has 9 rings (SSSR count). The number of amides is 10. The van der Waals surface area contributed by atoms with Crippen LogP contribution in [0.15, 0.2) is 109 Å². The van der Waals surface area contributed by atoms with Gasteiger partial charge in [0.25, 0.3) is 23.6 Å². The molecule has 31 nitrogen and oxygen atoms in total. The number of phosphoric acid groups is 1. The van der Waals surface area contributed by atoms with Crippen molar-refractivity contribution in [1.82, 2.24) is 25.3 Å². The quantitative estimate of drug-likeness (QED) is 0.00896. The summed E-state index contributed by atoms with van der Waals surface area (Å²) in [5.41, 5.74) is 8.58. The Balaban J connectivity index is 0.705. The van der Waals surface area contributed by atoms with E-state index < -0.39 is 61.6 Å². The number of anilines is 3. The number of carbonyl (C=O) groups excluding carboxylic acids is 10. The number of halogens is 2. The highest BCUT2D eigenvalue weighted by Gasteiger charge is 2.40.